The third kappa shape index (κ3) is 6.47. The summed E-state index contributed by atoms with van der Waals surface area (Å²) in [4.78, 5) is 16.6. The Morgan fingerprint density at radius 2 is 1.77 bits per heavy atom. The summed E-state index contributed by atoms with van der Waals surface area (Å²) in [5.74, 6) is 0.685. The fourth-order valence-corrected chi connectivity index (χ4v) is 2.39. The fraction of sp³-hybridized carbons (Fsp3) is 0.300. The Morgan fingerprint density at radius 3 is 2.46 bits per heavy atom. The number of guanidine groups is 1. The number of hydrogen-bond donors (Lipinski definition) is 4. The molecule has 0 aromatic heterocycles. The first-order valence-electron chi connectivity index (χ1n) is 8.73. The maximum atomic E-state index is 12.0. The quantitative estimate of drug-likeness (QED) is 0.349. The highest BCUT2D eigenvalue weighted by Gasteiger charge is 2.04. The van der Waals surface area contributed by atoms with Gasteiger partial charge in [0.1, 0.15) is 5.75 Å². The summed E-state index contributed by atoms with van der Waals surface area (Å²) in [6.07, 6.45) is 0. The van der Waals surface area contributed by atoms with Gasteiger partial charge in [0.2, 0.25) is 0 Å². The van der Waals surface area contributed by atoms with Crippen molar-refractivity contribution in [3.05, 3.63) is 65.2 Å². The lowest BCUT2D eigenvalue weighted by atomic mass is 10.1. The Morgan fingerprint density at radius 1 is 1.04 bits per heavy atom. The number of carbonyl (C=O) groups excluding carboxylic acids is 1. The molecule has 0 unspecified atom stereocenters. The van der Waals surface area contributed by atoms with Crippen molar-refractivity contribution < 1.29 is 9.90 Å². The molecule has 26 heavy (non-hydrogen) atoms. The molecule has 0 radical (unpaired) electrons. The molecule has 0 bridgehead atoms. The van der Waals surface area contributed by atoms with E-state index in [1.807, 2.05) is 13.0 Å². The van der Waals surface area contributed by atoms with Gasteiger partial charge in [-0.25, -0.2) is 4.99 Å². The number of carbonyl (C=O) groups is 1. The van der Waals surface area contributed by atoms with Gasteiger partial charge in [0, 0.05) is 25.2 Å². The normalized spacial score (nSPS) is 11.1. The van der Waals surface area contributed by atoms with Crippen LogP contribution in [0.2, 0.25) is 0 Å². The highest BCUT2D eigenvalue weighted by molar-refractivity contribution is 5.94. The fourth-order valence-electron chi connectivity index (χ4n) is 2.39. The first-order chi connectivity index (χ1) is 12.6. The molecule has 0 saturated heterocycles. The summed E-state index contributed by atoms with van der Waals surface area (Å²) in [5, 5.41) is 18.5. The monoisotopic (exact) mass is 354 g/mol. The molecule has 2 aromatic carbocycles. The van der Waals surface area contributed by atoms with E-state index in [2.05, 4.69) is 46.1 Å². The summed E-state index contributed by atoms with van der Waals surface area (Å²) >= 11 is 0. The molecule has 0 atom stereocenters. The molecule has 138 valence electrons. The summed E-state index contributed by atoms with van der Waals surface area (Å²) in [7, 11) is 0. The first-order valence-corrected chi connectivity index (χ1v) is 8.73. The van der Waals surface area contributed by atoms with Gasteiger partial charge in [-0.2, -0.15) is 0 Å². The topological polar surface area (TPSA) is 85.8 Å². The van der Waals surface area contributed by atoms with Crippen LogP contribution in [0.3, 0.4) is 0 Å². The van der Waals surface area contributed by atoms with E-state index in [-0.39, 0.29) is 11.7 Å². The molecule has 0 fully saturated rings. The maximum Gasteiger partial charge on any atom is 0.251 e. The lowest BCUT2D eigenvalue weighted by Crippen LogP contribution is -2.41. The van der Waals surface area contributed by atoms with Gasteiger partial charge >= 0.3 is 0 Å². The van der Waals surface area contributed by atoms with Gasteiger partial charge < -0.3 is 21.1 Å². The van der Waals surface area contributed by atoms with E-state index in [1.54, 1.807) is 12.1 Å². The van der Waals surface area contributed by atoms with E-state index in [1.165, 1.54) is 17.7 Å². The summed E-state index contributed by atoms with van der Waals surface area (Å²) in [6, 6.07) is 14.4. The van der Waals surface area contributed by atoms with Gasteiger partial charge in [-0.1, -0.05) is 29.8 Å². The number of nitrogens with one attached hydrogen (secondary N) is 3. The third-order valence-corrected chi connectivity index (χ3v) is 3.68. The number of amides is 1. The third-order valence-electron chi connectivity index (χ3n) is 3.68. The number of aryl methyl sites for hydroxylation is 1. The average Bonchev–Trinajstić information content (AvgIpc) is 2.63. The van der Waals surface area contributed by atoms with Crippen molar-refractivity contribution >= 4 is 11.9 Å². The van der Waals surface area contributed by atoms with Crippen LogP contribution in [-0.2, 0) is 6.54 Å². The minimum absolute atomic E-state index is 0.142. The zero-order chi connectivity index (χ0) is 18.8. The molecule has 0 saturated carbocycles. The maximum absolute atomic E-state index is 12.0. The predicted octanol–water partition coefficient (Wildman–Crippen LogP) is 2.19. The molecule has 0 aliphatic rings. The van der Waals surface area contributed by atoms with Crippen molar-refractivity contribution in [1.29, 1.82) is 0 Å². The standard InChI is InChI=1S/C20H26N4O2/c1-3-21-20(24-14-16-6-4-5-15(2)13-16)23-12-11-22-19(26)17-7-9-18(25)10-8-17/h4-10,13,25H,3,11-12,14H2,1-2H3,(H,22,26)(H2,21,23,24). The van der Waals surface area contributed by atoms with Crippen LogP contribution in [0.5, 0.6) is 5.75 Å². The van der Waals surface area contributed by atoms with Gasteiger partial charge in [0.05, 0.1) is 6.54 Å². The number of phenolic OH excluding ortho intramolecular Hbond substituents is 1. The van der Waals surface area contributed by atoms with Crippen molar-refractivity contribution in [3.63, 3.8) is 0 Å². The lowest BCUT2D eigenvalue weighted by molar-refractivity contribution is 0.0954. The average molecular weight is 354 g/mol. The Bertz CT molecular complexity index is 742. The van der Waals surface area contributed by atoms with Crippen LogP contribution in [0.4, 0.5) is 0 Å². The van der Waals surface area contributed by atoms with Crippen LogP contribution in [0.1, 0.15) is 28.4 Å². The predicted molar refractivity (Wildman–Crippen MR) is 104 cm³/mol. The van der Waals surface area contributed by atoms with Gasteiger partial charge in [-0.3, -0.25) is 4.79 Å². The molecule has 1 amide bonds. The van der Waals surface area contributed by atoms with Gasteiger partial charge in [-0.05, 0) is 43.7 Å². The number of aromatic hydroxyl groups is 1. The van der Waals surface area contributed by atoms with E-state index >= 15 is 0 Å². The molecule has 4 N–H and O–H groups in total. The van der Waals surface area contributed by atoms with Gasteiger partial charge in [-0.15, -0.1) is 0 Å². The number of benzene rings is 2. The van der Waals surface area contributed by atoms with E-state index in [9.17, 15) is 9.90 Å². The van der Waals surface area contributed by atoms with Crippen molar-refractivity contribution in [2.45, 2.75) is 20.4 Å². The first kappa shape index (κ1) is 19.3. The SMILES string of the molecule is CCNC(=NCc1cccc(C)c1)NCCNC(=O)c1ccc(O)cc1. The van der Waals surface area contributed by atoms with Crippen molar-refractivity contribution in [2.75, 3.05) is 19.6 Å². The molecule has 0 aliphatic carbocycles. The lowest BCUT2D eigenvalue weighted by Gasteiger charge is -2.12. The second-order valence-electron chi connectivity index (χ2n) is 5.91. The van der Waals surface area contributed by atoms with Crippen LogP contribution < -0.4 is 16.0 Å². The molecule has 0 aliphatic heterocycles. The van der Waals surface area contributed by atoms with Crippen molar-refractivity contribution in [1.82, 2.24) is 16.0 Å². The van der Waals surface area contributed by atoms with E-state index in [4.69, 9.17) is 0 Å². The molecular weight excluding hydrogens is 328 g/mol. The number of phenols is 1. The molecule has 6 heteroatoms. The molecule has 0 spiro atoms. The number of aliphatic imine (C=N–C) groups is 1. The summed E-state index contributed by atoms with van der Waals surface area (Å²) in [6.45, 7) is 6.46. The van der Waals surface area contributed by atoms with Crippen LogP contribution in [0.25, 0.3) is 0 Å². The summed E-state index contributed by atoms with van der Waals surface area (Å²) in [5.41, 5.74) is 2.89. The zero-order valence-electron chi connectivity index (χ0n) is 15.2. The van der Waals surface area contributed by atoms with E-state index < -0.39 is 0 Å². The van der Waals surface area contributed by atoms with Crippen molar-refractivity contribution in [2.24, 2.45) is 4.99 Å². The highest BCUT2D eigenvalue weighted by Crippen LogP contribution is 2.09. The number of hydrogen-bond acceptors (Lipinski definition) is 3. The number of rotatable bonds is 7. The Balaban J connectivity index is 1.79. The Hall–Kier alpha value is -3.02. The second-order valence-corrected chi connectivity index (χ2v) is 5.91. The Labute approximate surface area is 154 Å². The molecule has 2 aromatic rings. The van der Waals surface area contributed by atoms with Crippen LogP contribution in [-0.4, -0.2) is 36.6 Å². The van der Waals surface area contributed by atoms with E-state index in [0.717, 1.165) is 12.1 Å². The van der Waals surface area contributed by atoms with Crippen molar-refractivity contribution in [3.8, 4) is 5.75 Å². The molecular formula is C20H26N4O2. The van der Waals surface area contributed by atoms with Gasteiger partial charge in [0.15, 0.2) is 5.96 Å². The minimum atomic E-state index is -0.173. The minimum Gasteiger partial charge on any atom is -0.508 e. The largest absolute Gasteiger partial charge is 0.508 e. The molecule has 2 rings (SSSR count). The van der Waals surface area contributed by atoms with Crippen LogP contribution in [0.15, 0.2) is 53.5 Å². The summed E-state index contributed by atoms with van der Waals surface area (Å²) < 4.78 is 0. The smallest absolute Gasteiger partial charge is 0.251 e. The Kier molecular flexibility index (Phi) is 7.49. The molecule has 0 heterocycles. The van der Waals surface area contributed by atoms with Crippen LogP contribution >= 0.6 is 0 Å². The molecule has 6 nitrogen and oxygen atoms in total. The number of nitrogens with zero attached hydrogens (tertiary/aromatic N) is 1. The van der Waals surface area contributed by atoms with Crippen LogP contribution in [0, 0.1) is 6.92 Å². The zero-order valence-corrected chi connectivity index (χ0v) is 15.2. The van der Waals surface area contributed by atoms with E-state index in [0.29, 0.717) is 31.2 Å². The second kappa shape index (κ2) is 10.1. The highest BCUT2D eigenvalue weighted by atomic mass is 16.3. The van der Waals surface area contributed by atoms with Gasteiger partial charge in [0.25, 0.3) is 5.91 Å².